The molecular formula is C24H17N5O6. The van der Waals surface area contributed by atoms with E-state index in [1.165, 1.54) is 0 Å². The van der Waals surface area contributed by atoms with Gasteiger partial charge in [-0.2, -0.15) is 5.10 Å². The van der Waals surface area contributed by atoms with Crippen LogP contribution < -0.4 is 5.43 Å². The fourth-order valence-electron chi connectivity index (χ4n) is 3.42. The van der Waals surface area contributed by atoms with Crippen LogP contribution in [0, 0.1) is 27.2 Å². The molecule has 0 aliphatic heterocycles. The summed E-state index contributed by atoms with van der Waals surface area (Å²) in [5, 5.41) is 36.6. The number of carbonyl (C=O) groups is 1. The molecule has 1 heterocycles. The second-order valence-corrected chi connectivity index (χ2v) is 7.55. The van der Waals surface area contributed by atoms with Crippen molar-refractivity contribution in [3.05, 3.63) is 104 Å². The Bertz CT molecular complexity index is 1520. The van der Waals surface area contributed by atoms with E-state index in [2.05, 4.69) is 15.5 Å². The number of fused-ring (bicyclic) bond motifs is 1. The molecule has 0 fully saturated rings. The number of non-ortho nitro benzene ring substituents is 1. The first kappa shape index (κ1) is 23.0. The lowest BCUT2D eigenvalue weighted by atomic mass is 10.0. The van der Waals surface area contributed by atoms with Crippen LogP contribution in [0.2, 0.25) is 0 Å². The maximum atomic E-state index is 13.0. The van der Waals surface area contributed by atoms with Crippen molar-refractivity contribution in [3.8, 4) is 17.0 Å². The third-order valence-corrected chi connectivity index (χ3v) is 5.19. The smallest absolute Gasteiger partial charge is 0.318 e. The molecule has 11 heteroatoms. The molecule has 0 saturated heterocycles. The van der Waals surface area contributed by atoms with Gasteiger partial charge in [0.05, 0.1) is 44.5 Å². The number of para-hydroxylation sites is 1. The number of nitrogens with one attached hydrogen (secondary N) is 1. The van der Waals surface area contributed by atoms with Crippen LogP contribution in [0.3, 0.4) is 0 Å². The summed E-state index contributed by atoms with van der Waals surface area (Å²) < 4.78 is 0. The van der Waals surface area contributed by atoms with Gasteiger partial charge < -0.3 is 5.11 Å². The minimum absolute atomic E-state index is 0.276. The third kappa shape index (κ3) is 4.78. The van der Waals surface area contributed by atoms with Crippen molar-refractivity contribution in [2.45, 2.75) is 6.92 Å². The zero-order valence-electron chi connectivity index (χ0n) is 18.2. The number of carbonyl (C=O) groups excluding carboxylic acids is 1. The Morgan fingerprint density at radius 3 is 2.43 bits per heavy atom. The Kier molecular flexibility index (Phi) is 6.14. The largest absolute Gasteiger partial charge is 0.502 e. The summed E-state index contributed by atoms with van der Waals surface area (Å²) in [6.07, 6.45) is 0.900. The number of phenols is 1. The second-order valence-electron chi connectivity index (χ2n) is 7.55. The maximum Gasteiger partial charge on any atom is 0.318 e. The molecule has 0 aliphatic carbocycles. The molecule has 0 unspecified atom stereocenters. The van der Waals surface area contributed by atoms with Crippen molar-refractivity contribution >= 4 is 34.4 Å². The predicted octanol–water partition coefficient (Wildman–Crippen LogP) is 4.50. The highest BCUT2D eigenvalue weighted by atomic mass is 16.6. The number of hydrogen-bond donors (Lipinski definition) is 2. The minimum atomic E-state index is -0.950. The van der Waals surface area contributed by atoms with Crippen LogP contribution in [0.15, 0.2) is 71.8 Å². The van der Waals surface area contributed by atoms with Gasteiger partial charge in [0.1, 0.15) is 0 Å². The molecule has 2 N–H and O–H groups in total. The third-order valence-electron chi connectivity index (χ3n) is 5.19. The van der Waals surface area contributed by atoms with Crippen molar-refractivity contribution in [1.82, 2.24) is 10.4 Å². The van der Waals surface area contributed by atoms with E-state index in [1.54, 1.807) is 30.3 Å². The first-order valence-electron chi connectivity index (χ1n) is 10.2. The maximum absolute atomic E-state index is 13.0. The molecule has 0 radical (unpaired) electrons. The van der Waals surface area contributed by atoms with E-state index >= 15 is 0 Å². The van der Waals surface area contributed by atoms with Gasteiger partial charge >= 0.3 is 5.69 Å². The van der Waals surface area contributed by atoms with Crippen molar-refractivity contribution < 1.29 is 19.7 Å². The molecule has 0 bridgehead atoms. The Morgan fingerprint density at radius 1 is 1.03 bits per heavy atom. The van der Waals surface area contributed by atoms with Crippen LogP contribution in [0.25, 0.3) is 22.2 Å². The van der Waals surface area contributed by atoms with Gasteiger partial charge in [0.15, 0.2) is 0 Å². The molecule has 4 aromatic rings. The number of pyridine rings is 1. The van der Waals surface area contributed by atoms with Gasteiger partial charge in [-0.3, -0.25) is 25.0 Å². The molecule has 0 saturated carbocycles. The number of amides is 1. The van der Waals surface area contributed by atoms with Gasteiger partial charge in [-0.25, -0.2) is 10.4 Å². The number of hydrogen-bond acceptors (Lipinski definition) is 8. The van der Waals surface area contributed by atoms with E-state index in [1.807, 2.05) is 31.2 Å². The average molecular weight is 471 g/mol. The van der Waals surface area contributed by atoms with Crippen LogP contribution in [-0.4, -0.2) is 32.1 Å². The van der Waals surface area contributed by atoms with E-state index in [0.29, 0.717) is 22.7 Å². The topological polar surface area (TPSA) is 161 Å². The summed E-state index contributed by atoms with van der Waals surface area (Å²) >= 11 is 0. The fourth-order valence-corrected chi connectivity index (χ4v) is 3.42. The Labute approximate surface area is 197 Å². The average Bonchev–Trinajstić information content (AvgIpc) is 2.84. The van der Waals surface area contributed by atoms with Crippen LogP contribution in [0.1, 0.15) is 21.5 Å². The number of nitro groups is 2. The summed E-state index contributed by atoms with van der Waals surface area (Å²) in [6, 6.07) is 17.9. The number of rotatable bonds is 6. The molecule has 0 atom stereocenters. The van der Waals surface area contributed by atoms with Gasteiger partial charge in [-0.15, -0.1) is 0 Å². The van der Waals surface area contributed by atoms with Crippen molar-refractivity contribution in [3.63, 3.8) is 0 Å². The quantitative estimate of drug-likeness (QED) is 0.238. The van der Waals surface area contributed by atoms with Crippen LogP contribution in [0.4, 0.5) is 11.4 Å². The van der Waals surface area contributed by atoms with Gasteiger partial charge in [-0.1, -0.05) is 48.0 Å². The minimum Gasteiger partial charge on any atom is -0.502 e. The molecule has 3 aromatic carbocycles. The molecule has 174 valence electrons. The summed E-state index contributed by atoms with van der Waals surface area (Å²) in [6.45, 7) is 1.96. The van der Waals surface area contributed by atoms with Gasteiger partial charge in [0.25, 0.3) is 11.6 Å². The van der Waals surface area contributed by atoms with Crippen LogP contribution in [-0.2, 0) is 0 Å². The van der Waals surface area contributed by atoms with E-state index < -0.39 is 32.9 Å². The lowest BCUT2D eigenvalue weighted by molar-refractivity contribution is -0.394. The molecule has 4 rings (SSSR count). The Morgan fingerprint density at radius 2 is 1.74 bits per heavy atom. The molecule has 1 amide bonds. The van der Waals surface area contributed by atoms with E-state index in [9.17, 15) is 30.1 Å². The van der Waals surface area contributed by atoms with Gasteiger partial charge in [0, 0.05) is 17.0 Å². The van der Waals surface area contributed by atoms with Crippen molar-refractivity contribution in [2.75, 3.05) is 0 Å². The molecule has 0 aliphatic rings. The second kappa shape index (κ2) is 9.35. The van der Waals surface area contributed by atoms with Crippen molar-refractivity contribution in [1.29, 1.82) is 0 Å². The SMILES string of the molecule is Cc1ccc(-c2cc(C(=O)N/N=C\c3cc([N+](=O)[O-])cc([N+](=O)[O-])c3O)c3ccccc3n2)cc1. The number of hydrazone groups is 1. The number of phenolic OH excluding ortho intramolecular Hbond substituents is 1. The lowest BCUT2D eigenvalue weighted by Crippen LogP contribution is -2.18. The number of nitrogens with zero attached hydrogens (tertiary/aromatic N) is 4. The molecule has 11 nitrogen and oxygen atoms in total. The highest BCUT2D eigenvalue weighted by Crippen LogP contribution is 2.33. The molecule has 35 heavy (non-hydrogen) atoms. The number of aromatic hydroxyl groups is 1. The zero-order valence-corrected chi connectivity index (χ0v) is 18.2. The monoisotopic (exact) mass is 471 g/mol. The normalized spacial score (nSPS) is 11.0. The molecule has 1 aromatic heterocycles. The van der Waals surface area contributed by atoms with Gasteiger partial charge in [-0.05, 0) is 19.1 Å². The standard InChI is InChI=1S/C24H17N5O6/c1-14-6-8-15(9-7-14)21-12-19(18-4-2-3-5-20(18)26-21)24(31)27-25-13-16-10-17(28(32)33)11-22(23(16)30)29(34)35/h2-13,30H,1H3,(H,27,31)/b25-13-. The first-order valence-corrected chi connectivity index (χ1v) is 10.2. The number of benzene rings is 3. The highest BCUT2D eigenvalue weighted by Gasteiger charge is 2.23. The van der Waals surface area contributed by atoms with Crippen LogP contribution in [0.5, 0.6) is 5.75 Å². The molecule has 0 spiro atoms. The predicted molar refractivity (Wildman–Crippen MR) is 128 cm³/mol. The number of nitro benzene ring substituents is 2. The summed E-state index contributed by atoms with van der Waals surface area (Å²) in [4.78, 5) is 38.0. The molecular weight excluding hydrogens is 454 g/mol. The first-order chi connectivity index (χ1) is 16.7. The Hall–Kier alpha value is -5.19. The van der Waals surface area contributed by atoms with E-state index in [0.717, 1.165) is 23.4 Å². The fraction of sp³-hybridized carbons (Fsp3) is 0.0417. The number of aromatic nitrogens is 1. The Balaban J connectivity index is 1.69. The summed E-state index contributed by atoms with van der Waals surface area (Å²) in [5.74, 6) is -1.41. The summed E-state index contributed by atoms with van der Waals surface area (Å²) in [7, 11) is 0. The number of aryl methyl sites for hydroxylation is 1. The van der Waals surface area contributed by atoms with E-state index in [-0.39, 0.29) is 11.1 Å². The van der Waals surface area contributed by atoms with E-state index in [4.69, 9.17) is 0 Å². The lowest BCUT2D eigenvalue weighted by Gasteiger charge is -2.09. The highest BCUT2D eigenvalue weighted by molar-refractivity contribution is 6.07. The zero-order chi connectivity index (χ0) is 25.1. The van der Waals surface area contributed by atoms with Crippen LogP contribution >= 0.6 is 0 Å². The summed E-state index contributed by atoms with van der Waals surface area (Å²) in [5.41, 5.74) is 3.87. The van der Waals surface area contributed by atoms with Gasteiger partial charge in [0.2, 0.25) is 5.75 Å². The van der Waals surface area contributed by atoms with Crippen molar-refractivity contribution in [2.24, 2.45) is 5.10 Å².